The molecule has 0 fully saturated rings. The first-order chi connectivity index (χ1) is 14.3. The molecule has 0 amide bonds. The number of hydrogen-bond donors (Lipinski definition) is 2. The summed E-state index contributed by atoms with van der Waals surface area (Å²) >= 11 is 0. The van der Waals surface area contributed by atoms with Crippen molar-refractivity contribution in [2.75, 3.05) is 6.54 Å². The van der Waals surface area contributed by atoms with Gasteiger partial charge in [-0.1, -0.05) is 30.3 Å². The third-order valence-corrected chi connectivity index (χ3v) is 5.28. The first kappa shape index (κ1) is 17.5. The molecule has 0 aliphatic carbocycles. The van der Waals surface area contributed by atoms with Gasteiger partial charge in [0.15, 0.2) is 0 Å². The van der Waals surface area contributed by atoms with Crippen molar-refractivity contribution in [3.8, 4) is 22.6 Å². The molecular formula is C22H20N6O. The van der Waals surface area contributed by atoms with Crippen LogP contribution in [0.15, 0.2) is 65.8 Å². The molecule has 0 saturated heterocycles. The number of rotatable bonds is 4. The average Bonchev–Trinajstić information content (AvgIpc) is 3.23. The normalized spacial score (nSPS) is 13.9. The molecule has 4 heterocycles. The fourth-order valence-corrected chi connectivity index (χ4v) is 3.79. The summed E-state index contributed by atoms with van der Waals surface area (Å²) in [4.78, 5) is 26.7. The summed E-state index contributed by atoms with van der Waals surface area (Å²) in [5.41, 5.74) is 5.69. The lowest BCUT2D eigenvalue weighted by Gasteiger charge is -2.27. The van der Waals surface area contributed by atoms with Crippen LogP contribution >= 0.6 is 0 Å². The third-order valence-electron chi connectivity index (χ3n) is 5.28. The summed E-state index contributed by atoms with van der Waals surface area (Å²) in [6, 6.07) is 13.9. The lowest BCUT2D eigenvalue weighted by atomic mass is 10.0. The summed E-state index contributed by atoms with van der Waals surface area (Å²) in [6.07, 6.45) is 6.01. The first-order valence-electron chi connectivity index (χ1n) is 9.60. The molecule has 1 aliphatic heterocycles. The van der Waals surface area contributed by atoms with Crippen LogP contribution in [0.2, 0.25) is 0 Å². The quantitative estimate of drug-likeness (QED) is 0.565. The maximum Gasteiger partial charge on any atom is 0.255 e. The van der Waals surface area contributed by atoms with Crippen LogP contribution in [0.3, 0.4) is 0 Å². The maximum atomic E-state index is 12.7. The molecule has 5 rings (SSSR count). The summed E-state index contributed by atoms with van der Waals surface area (Å²) in [7, 11) is 0. The Hall–Kier alpha value is -3.58. The highest BCUT2D eigenvalue weighted by Gasteiger charge is 2.22. The van der Waals surface area contributed by atoms with E-state index in [4.69, 9.17) is 4.98 Å². The number of hydrogen-bond acceptors (Lipinski definition) is 5. The standard InChI is InChI=1S/C22H20N6O/c29-22-18-14-28(13-17-12-24-27-20(17)15-4-2-1-3-5-15)11-8-19(18)25-21(26-22)16-6-9-23-10-7-16/h1-7,9-10,12H,8,11,13-14H2,(H,24,27)(H,25,26,29). The summed E-state index contributed by atoms with van der Waals surface area (Å²) in [6.45, 7) is 2.15. The van der Waals surface area contributed by atoms with Crippen molar-refractivity contribution in [2.24, 2.45) is 0 Å². The zero-order chi connectivity index (χ0) is 19.6. The minimum absolute atomic E-state index is 0.0676. The van der Waals surface area contributed by atoms with Crippen LogP contribution in [0, 0.1) is 0 Å². The summed E-state index contributed by atoms with van der Waals surface area (Å²) in [5.74, 6) is 0.603. The van der Waals surface area contributed by atoms with Crippen molar-refractivity contribution in [3.05, 3.63) is 88.2 Å². The largest absolute Gasteiger partial charge is 0.306 e. The second-order valence-electron chi connectivity index (χ2n) is 7.17. The van der Waals surface area contributed by atoms with E-state index in [9.17, 15) is 4.79 Å². The number of pyridine rings is 1. The van der Waals surface area contributed by atoms with Gasteiger partial charge >= 0.3 is 0 Å². The molecule has 7 nitrogen and oxygen atoms in total. The van der Waals surface area contributed by atoms with Crippen molar-refractivity contribution >= 4 is 0 Å². The van der Waals surface area contributed by atoms with Crippen molar-refractivity contribution in [1.82, 2.24) is 30.0 Å². The number of nitrogens with zero attached hydrogens (tertiary/aromatic N) is 4. The van der Waals surface area contributed by atoms with Gasteiger partial charge in [0.1, 0.15) is 5.82 Å². The second-order valence-corrected chi connectivity index (χ2v) is 7.17. The smallest absolute Gasteiger partial charge is 0.255 e. The SMILES string of the molecule is O=c1[nH]c(-c2ccncc2)nc2c1CN(Cc1cn[nH]c1-c1ccccc1)CC2. The van der Waals surface area contributed by atoms with Gasteiger partial charge in [0, 0.05) is 49.6 Å². The van der Waals surface area contributed by atoms with Crippen LogP contribution in [0.1, 0.15) is 16.8 Å². The Morgan fingerprint density at radius 2 is 1.86 bits per heavy atom. The Balaban J connectivity index is 1.39. The fraction of sp³-hybridized carbons (Fsp3) is 0.182. The van der Waals surface area contributed by atoms with E-state index in [2.05, 4.69) is 37.2 Å². The minimum atomic E-state index is -0.0676. The Kier molecular flexibility index (Phi) is 4.50. The molecule has 29 heavy (non-hydrogen) atoms. The number of H-pyrrole nitrogens is 2. The lowest BCUT2D eigenvalue weighted by molar-refractivity contribution is 0.242. The Labute approximate surface area is 167 Å². The molecule has 3 aromatic heterocycles. The van der Waals surface area contributed by atoms with Crippen LogP contribution < -0.4 is 5.56 Å². The molecule has 1 aromatic carbocycles. The molecule has 0 unspecified atom stereocenters. The van der Waals surface area contributed by atoms with Crippen molar-refractivity contribution < 1.29 is 0 Å². The van der Waals surface area contributed by atoms with E-state index < -0.39 is 0 Å². The monoisotopic (exact) mass is 384 g/mol. The highest BCUT2D eigenvalue weighted by Crippen LogP contribution is 2.24. The van der Waals surface area contributed by atoms with Crippen LogP contribution in [-0.4, -0.2) is 36.6 Å². The van der Waals surface area contributed by atoms with Gasteiger partial charge in [-0.15, -0.1) is 0 Å². The molecule has 4 aromatic rings. The molecular weight excluding hydrogens is 364 g/mol. The van der Waals surface area contributed by atoms with E-state index in [0.29, 0.717) is 12.4 Å². The molecule has 144 valence electrons. The van der Waals surface area contributed by atoms with E-state index in [1.807, 2.05) is 36.5 Å². The predicted octanol–water partition coefficient (Wildman–Crippen LogP) is 2.78. The molecule has 0 atom stereocenters. The number of benzene rings is 1. The van der Waals surface area contributed by atoms with E-state index >= 15 is 0 Å². The Bertz CT molecular complexity index is 1180. The highest BCUT2D eigenvalue weighted by molar-refractivity contribution is 5.62. The molecule has 1 aliphatic rings. The topological polar surface area (TPSA) is 90.6 Å². The summed E-state index contributed by atoms with van der Waals surface area (Å²) < 4.78 is 0. The van der Waals surface area contributed by atoms with Gasteiger partial charge in [-0.2, -0.15) is 5.10 Å². The Morgan fingerprint density at radius 1 is 1.03 bits per heavy atom. The van der Waals surface area contributed by atoms with E-state index in [1.54, 1.807) is 12.4 Å². The first-order valence-corrected chi connectivity index (χ1v) is 9.60. The molecule has 0 bridgehead atoms. The summed E-state index contributed by atoms with van der Waals surface area (Å²) in [5, 5.41) is 7.34. The van der Waals surface area contributed by atoms with Crippen LogP contribution in [0.5, 0.6) is 0 Å². The van der Waals surface area contributed by atoms with Crippen molar-refractivity contribution in [2.45, 2.75) is 19.5 Å². The van der Waals surface area contributed by atoms with Gasteiger partial charge in [0.2, 0.25) is 0 Å². The van der Waals surface area contributed by atoms with Crippen LogP contribution in [0.25, 0.3) is 22.6 Å². The molecule has 7 heteroatoms. The van der Waals surface area contributed by atoms with E-state index in [-0.39, 0.29) is 5.56 Å². The number of aromatic amines is 2. The number of nitrogens with one attached hydrogen (secondary N) is 2. The van der Waals surface area contributed by atoms with Crippen LogP contribution in [-0.2, 0) is 19.5 Å². The lowest BCUT2D eigenvalue weighted by Crippen LogP contribution is -2.35. The predicted molar refractivity (Wildman–Crippen MR) is 110 cm³/mol. The second kappa shape index (κ2) is 7.44. The average molecular weight is 384 g/mol. The minimum Gasteiger partial charge on any atom is -0.306 e. The molecule has 0 saturated carbocycles. The van der Waals surface area contributed by atoms with Gasteiger partial charge in [-0.25, -0.2) is 4.98 Å². The van der Waals surface area contributed by atoms with Crippen molar-refractivity contribution in [1.29, 1.82) is 0 Å². The maximum absolute atomic E-state index is 12.7. The molecule has 2 N–H and O–H groups in total. The van der Waals surface area contributed by atoms with E-state index in [0.717, 1.165) is 53.2 Å². The van der Waals surface area contributed by atoms with Crippen LogP contribution in [0.4, 0.5) is 0 Å². The van der Waals surface area contributed by atoms with Gasteiger partial charge in [0.25, 0.3) is 5.56 Å². The number of aromatic nitrogens is 5. The van der Waals surface area contributed by atoms with Crippen molar-refractivity contribution in [3.63, 3.8) is 0 Å². The van der Waals surface area contributed by atoms with E-state index in [1.165, 1.54) is 0 Å². The zero-order valence-corrected chi connectivity index (χ0v) is 15.8. The molecule has 0 radical (unpaired) electrons. The van der Waals surface area contributed by atoms with Gasteiger partial charge in [-0.3, -0.25) is 19.8 Å². The van der Waals surface area contributed by atoms with Gasteiger partial charge < -0.3 is 4.98 Å². The fourth-order valence-electron chi connectivity index (χ4n) is 3.79. The number of fused-ring (bicyclic) bond motifs is 1. The Morgan fingerprint density at radius 3 is 2.69 bits per heavy atom. The third kappa shape index (κ3) is 3.48. The van der Waals surface area contributed by atoms with Gasteiger partial charge in [-0.05, 0) is 17.7 Å². The van der Waals surface area contributed by atoms with Gasteiger partial charge in [0.05, 0.1) is 23.1 Å². The highest BCUT2D eigenvalue weighted by atomic mass is 16.1. The molecule has 0 spiro atoms. The zero-order valence-electron chi connectivity index (χ0n) is 15.8.